The minimum absolute atomic E-state index is 0.273. The molecule has 0 amide bonds. The number of hydrogen-bond acceptors (Lipinski definition) is 5. The largest absolute Gasteiger partial charge is 0.485 e. The normalized spacial score (nSPS) is 10.8. The molecule has 0 bridgehead atoms. The van der Waals surface area contributed by atoms with Crippen molar-refractivity contribution in [1.29, 1.82) is 0 Å². The van der Waals surface area contributed by atoms with Crippen molar-refractivity contribution in [2.24, 2.45) is 7.05 Å². The van der Waals surface area contributed by atoms with Gasteiger partial charge in [-0.25, -0.2) is 0 Å². The Hall–Kier alpha value is -1.66. The average Bonchev–Trinajstić information content (AvgIpc) is 2.85. The van der Waals surface area contributed by atoms with E-state index in [4.69, 9.17) is 16.3 Å². The number of nitrogens with one attached hydrogen (secondary N) is 1. The molecule has 0 saturated carbocycles. The van der Waals surface area contributed by atoms with Gasteiger partial charge in [-0.3, -0.25) is 0 Å². The Kier molecular flexibility index (Phi) is 5.31. The van der Waals surface area contributed by atoms with Crippen LogP contribution in [0.3, 0.4) is 0 Å². The molecule has 2 aromatic rings. The third-order valence-electron chi connectivity index (χ3n) is 2.71. The summed E-state index contributed by atoms with van der Waals surface area (Å²) in [6, 6.07) is 5.62. The van der Waals surface area contributed by atoms with E-state index in [9.17, 15) is 0 Å². The molecule has 0 spiro atoms. The molecule has 2 rings (SSSR count). The van der Waals surface area contributed by atoms with E-state index < -0.39 is 0 Å². The van der Waals surface area contributed by atoms with E-state index in [1.807, 2.05) is 18.2 Å². The zero-order chi connectivity index (χ0) is 14.4. The molecule has 0 fully saturated rings. The van der Waals surface area contributed by atoms with Gasteiger partial charge in [0.2, 0.25) is 5.82 Å². The van der Waals surface area contributed by atoms with Crippen molar-refractivity contribution < 1.29 is 4.74 Å². The van der Waals surface area contributed by atoms with Crippen molar-refractivity contribution in [2.45, 2.75) is 26.5 Å². The third-order valence-corrected chi connectivity index (χ3v) is 3.07. The number of tetrazole rings is 1. The van der Waals surface area contributed by atoms with Crippen LogP contribution in [0, 0.1) is 0 Å². The number of benzene rings is 1. The molecule has 0 saturated heterocycles. The first-order valence-electron chi connectivity index (χ1n) is 6.54. The first kappa shape index (κ1) is 14.7. The van der Waals surface area contributed by atoms with Gasteiger partial charge in [0.05, 0.1) is 7.05 Å². The topological polar surface area (TPSA) is 64.9 Å². The van der Waals surface area contributed by atoms with Crippen LogP contribution in [0.1, 0.15) is 24.7 Å². The maximum absolute atomic E-state index is 6.23. The zero-order valence-electron chi connectivity index (χ0n) is 11.6. The lowest BCUT2D eigenvalue weighted by atomic mass is 10.2. The Bertz CT molecular complexity index is 557. The first-order chi connectivity index (χ1) is 9.70. The fourth-order valence-electron chi connectivity index (χ4n) is 1.76. The Morgan fingerprint density at radius 3 is 2.95 bits per heavy atom. The summed E-state index contributed by atoms with van der Waals surface area (Å²) in [6.07, 6.45) is 1.07. The van der Waals surface area contributed by atoms with Gasteiger partial charge < -0.3 is 10.1 Å². The Labute approximate surface area is 123 Å². The summed E-state index contributed by atoms with van der Waals surface area (Å²) in [5.41, 5.74) is 0.950. The van der Waals surface area contributed by atoms with Crippen LogP contribution in [0.15, 0.2) is 18.2 Å². The smallest absolute Gasteiger partial charge is 0.212 e. The molecule has 108 valence electrons. The van der Waals surface area contributed by atoms with E-state index in [-0.39, 0.29) is 6.61 Å². The predicted octanol–water partition coefficient (Wildman–Crippen LogP) is 1.94. The molecule has 20 heavy (non-hydrogen) atoms. The minimum Gasteiger partial charge on any atom is -0.485 e. The second-order valence-corrected chi connectivity index (χ2v) is 4.78. The molecule has 0 radical (unpaired) electrons. The number of ether oxygens (including phenoxy) is 1. The van der Waals surface area contributed by atoms with E-state index in [1.165, 1.54) is 4.80 Å². The van der Waals surface area contributed by atoms with Gasteiger partial charge in [0, 0.05) is 17.1 Å². The number of aryl methyl sites for hydroxylation is 1. The van der Waals surface area contributed by atoms with Crippen molar-refractivity contribution in [2.75, 3.05) is 6.54 Å². The van der Waals surface area contributed by atoms with Gasteiger partial charge >= 0.3 is 0 Å². The molecule has 0 unspecified atom stereocenters. The van der Waals surface area contributed by atoms with Crippen LogP contribution in [-0.4, -0.2) is 26.8 Å². The summed E-state index contributed by atoms with van der Waals surface area (Å²) in [5.74, 6) is 1.29. The quantitative estimate of drug-likeness (QED) is 0.791. The van der Waals surface area contributed by atoms with Gasteiger partial charge in [-0.1, -0.05) is 24.6 Å². The summed E-state index contributed by atoms with van der Waals surface area (Å²) in [4.78, 5) is 1.40. The fraction of sp³-hybridized carbons (Fsp3) is 0.462. The molecule has 7 heteroatoms. The Balaban J connectivity index is 2.04. The SMILES string of the molecule is CCCNCc1c(Cl)cccc1OCc1nnn(C)n1. The van der Waals surface area contributed by atoms with Gasteiger partial charge in [0.15, 0.2) is 6.61 Å². The second-order valence-electron chi connectivity index (χ2n) is 4.38. The maximum Gasteiger partial charge on any atom is 0.212 e. The Morgan fingerprint density at radius 1 is 1.40 bits per heavy atom. The van der Waals surface area contributed by atoms with Gasteiger partial charge in [-0.2, -0.15) is 4.80 Å². The first-order valence-corrected chi connectivity index (χ1v) is 6.92. The highest BCUT2D eigenvalue weighted by Gasteiger charge is 2.09. The highest BCUT2D eigenvalue weighted by molar-refractivity contribution is 6.31. The van der Waals surface area contributed by atoms with Crippen molar-refractivity contribution in [1.82, 2.24) is 25.5 Å². The van der Waals surface area contributed by atoms with Crippen LogP contribution in [0.25, 0.3) is 0 Å². The summed E-state index contributed by atoms with van der Waals surface area (Å²) in [7, 11) is 1.72. The van der Waals surface area contributed by atoms with Gasteiger partial charge in [0.1, 0.15) is 5.75 Å². The molecule has 0 aliphatic rings. The molecular formula is C13H18ClN5O. The zero-order valence-corrected chi connectivity index (χ0v) is 12.4. The monoisotopic (exact) mass is 295 g/mol. The average molecular weight is 296 g/mol. The molecule has 0 atom stereocenters. The van der Waals surface area contributed by atoms with Crippen LogP contribution in [0.4, 0.5) is 0 Å². The third kappa shape index (κ3) is 3.91. The lowest BCUT2D eigenvalue weighted by Gasteiger charge is -2.12. The Morgan fingerprint density at radius 2 is 2.25 bits per heavy atom. The number of nitrogens with zero attached hydrogens (tertiary/aromatic N) is 4. The summed E-state index contributed by atoms with van der Waals surface area (Å²) >= 11 is 6.23. The van der Waals surface area contributed by atoms with Crippen molar-refractivity contribution in [3.8, 4) is 5.75 Å². The molecule has 1 aromatic carbocycles. The van der Waals surface area contributed by atoms with Crippen LogP contribution in [0.5, 0.6) is 5.75 Å². The van der Waals surface area contributed by atoms with Crippen LogP contribution < -0.4 is 10.1 Å². The van der Waals surface area contributed by atoms with Crippen LogP contribution >= 0.6 is 11.6 Å². The van der Waals surface area contributed by atoms with E-state index in [1.54, 1.807) is 7.05 Å². The predicted molar refractivity (Wildman–Crippen MR) is 76.6 cm³/mol. The molecular weight excluding hydrogens is 278 g/mol. The molecule has 6 nitrogen and oxygen atoms in total. The van der Waals surface area contributed by atoms with E-state index in [2.05, 4.69) is 27.7 Å². The van der Waals surface area contributed by atoms with Gasteiger partial charge in [-0.05, 0) is 30.3 Å². The summed E-state index contributed by atoms with van der Waals surface area (Å²) < 4.78 is 5.75. The lowest BCUT2D eigenvalue weighted by molar-refractivity contribution is 0.291. The molecule has 1 heterocycles. The molecule has 0 aliphatic heterocycles. The molecule has 1 aromatic heterocycles. The second kappa shape index (κ2) is 7.21. The van der Waals surface area contributed by atoms with Crippen molar-refractivity contribution >= 4 is 11.6 Å². The molecule has 1 N–H and O–H groups in total. The maximum atomic E-state index is 6.23. The van der Waals surface area contributed by atoms with E-state index >= 15 is 0 Å². The molecule has 0 aliphatic carbocycles. The van der Waals surface area contributed by atoms with Crippen LogP contribution in [-0.2, 0) is 20.2 Å². The highest BCUT2D eigenvalue weighted by atomic mass is 35.5. The number of aromatic nitrogens is 4. The van der Waals surface area contributed by atoms with Crippen molar-refractivity contribution in [3.63, 3.8) is 0 Å². The fourth-order valence-corrected chi connectivity index (χ4v) is 1.99. The number of hydrogen-bond donors (Lipinski definition) is 1. The highest BCUT2D eigenvalue weighted by Crippen LogP contribution is 2.26. The lowest BCUT2D eigenvalue weighted by Crippen LogP contribution is -2.15. The van der Waals surface area contributed by atoms with E-state index in [0.29, 0.717) is 17.4 Å². The number of rotatable bonds is 7. The van der Waals surface area contributed by atoms with Crippen LogP contribution in [0.2, 0.25) is 5.02 Å². The van der Waals surface area contributed by atoms with Crippen molar-refractivity contribution in [3.05, 3.63) is 34.6 Å². The summed E-state index contributed by atoms with van der Waals surface area (Å²) in [5, 5.41) is 15.7. The van der Waals surface area contributed by atoms with Gasteiger partial charge in [-0.15, -0.1) is 10.2 Å². The summed E-state index contributed by atoms with van der Waals surface area (Å²) in [6.45, 7) is 4.01. The minimum atomic E-state index is 0.273. The standard InChI is InChI=1S/C13H18ClN5O/c1-3-7-15-8-10-11(14)5-4-6-12(10)20-9-13-16-18-19(2)17-13/h4-6,15H,3,7-9H2,1-2H3. The number of halogens is 1. The van der Waals surface area contributed by atoms with E-state index in [0.717, 1.165) is 24.3 Å². The van der Waals surface area contributed by atoms with Gasteiger partial charge in [0.25, 0.3) is 0 Å².